The zero-order chi connectivity index (χ0) is 18.0. The molecule has 0 bridgehead atoms. The normalized spacial score (nSPS) is 21.8. The number of hydrogen-bond donors (Lipinski definition) is 1. The van der Waals surface area contributed by atoms with Gasteiger partial charge in [0, 0.05) is 17.8 Å². The van der Waals surface area contributed by atoms with E-state index < -0.39 is 5.97 Å². The van der Waals surface area contributed by atoms with Crippen molar-refractivity contribution >= 4 is 22.8 Å². The van der Waals surface area contributed by atoms with Crippen LogP contribution in [0.4, 0.5) is 0 Å². The van der Waals surface area contributed by atoms with E-state index in [9.17, 15) is 9.59 Å². The van der Waals surface area contributed by atoms with E-state index >= 15 is 0 Å². The summed E-state index contributed by atoms with van der Waals surface area (Å²) in [5, 5.41) is 10.2. The summed E-state index contributed by atoms with van der Waals surface area (Å²) < 4.78 is 5.93. The Labute approximate surface area is 147 Å². The molecule has 25 heavy (non-hydrogen) atoms. The third-order valence-electron chi connectivity index (χ3n) is 5.37. The Morgan fingerprint density at radius 2 is 1.84 bits per heavy atom. The van der Waals surface area contributed by atoms with Crippen molar-refractivity contribution in [2.24, 2.45) is 11.8 Å². The van der Waals surface area contributed by atoms with E-state index in [-0.39, 0.29) is 23.8 Å². The molecule has 1 aliphatic carbocycles. The molecular weight excluding hydrogens is 318 g/mol. The number of amides is 1. The summed E-state index contributed by atoms with van der Waals surface area (Å²) in [4.78, 5) is 25.9. The molecule has 0 aliphatic heterocycles. The molecule has 1 saturated carbocycles. The van der Waals surface area contributed by atoms with Gasteiger partial charge in [0.2, 0.25) is 5.91 Å². The zero-order valence-corrected chi connectivity index (χ0v) is 14.8. The fourth-order valence-corrected chi connectivity index (χ4v) is 3.80. The quantitative estimate of drug-likeness (QED) is 0.882. The predicted octanol–water partition coefficient (Wildman–Crippen LogP) is 4.23. The van der Waals surface area contributed by atoms with Gasteiger partial charge in [-0.2, -0.15) is 0 Å². The van der Waals surface area contributed by atoms with Crippen LogP contribution in [0.15, 0.2) is 34.7 Å². The lowest BCUT2D eigenvalue weighted by molar-refractivity contribution is -0.146. The maximum Gasteiger partial charge on any atom is 0.306 e. The van der Waals surface area contributed by atoms with Crippen LogP contribution in [0, 0.1) is 11.8 Å². The molecule has 1 aromatic carbocycles. The van der Waals surface area contributed by atoms with Crippen molar-refractivity contribution in [2.75, 3.05) is 6.54 Å². The number of fused-ring (bicyclic) bond motifs is 1. The number of rotatable bonds is 5. The van der Waals surface area contributed by atoms with E-state index in [4.69, 9.17) is 9.52 Å². The molecule has 1 heterocycles. The van der Waals surface area contributed by atoms with Crippen LogP contribution in [-0.4, -0.2) is 28.4 Å². The predicted molar refractivity (Wildman–Crippen MR) is 95.1 cm³/mol. The number of hydrogen-bond acceptors (Lipinski definition) is 3. The van der Waals surface area contributed by atoms with E-state index in [0.717, 1.165) is 16.7 Å². The average Bonchev–Trinajstić information content (AvgIpc) is 3.06. The molecule has 2 aromatic rings. The van der Waals surface area contributed by atoms with Crippen LogP contribution in [0.25, 0.3) is 11.0 Å². The highest BCUT2D eigenvalue weighted by atomic mass is 16.4. The molecule has 134 valence electrons. The Hall–Kier alpha value is -2.30. The summed E-state index contributed by atoms with van der Waals surface area (Å²) in [7, 11) is 0. The molecular formula is C20H25NO4. The summed E-state index contributed by atoms with van der Waals surface area (Å²) >= 11 is 0. The van der Waals surface area contributed by atoms with Crippen LogP contribution in [0.3, 0.4) is 0 Å². The molecule has 0 radical (unpaired) electrons. The van der Waals surface area contributed by atoms with E-state index in [1.54, 1.807) is 0 Å². The van der Waals surface area contributed by atoms with E-state index in [2.05, 4.69) is 0 Å². The molecule has 1 aliphatic rings. The minimum atomic E-state index is -0.742. The lowest BCUT2D eigenvalue weighted by Gasteiger charge is -2.33. The lowest BCUT2D eigenvalue weighted by atomic mass is 9.81. The highest BCUT2D eigenvalue weighted by Gasteiger charge is 2.33. The standard InChI is InChI=1S/C20H25NO4/c1-3-21(19(22)14-8-10-15(11-9-14)20(23)24)13(2)18-12-16-6-4-5-7-17(16)25-18/h4-7,12-15H,3,8-11H2,1-2H3,(H,23,24). The van der Waals surface area contributed by atoms with Crippen molar-refractivity contribution in [2.45, 2.75) is 45.6 Å². The number of carboxylic acids is 1. The van der Waals surface area contributed by atoms with Gasteiger partial charge in [-0.05, 0) is 51.7 Å². The number of carboxylic acid groups (broad SMARTS) is 1. The van der Waals surface area contributed by atoms with Crippen LogP contribution >= 0.6 is 0 Å². The Morgan fingerprint density at radius 1 is 1.20 bits per heavy atom. The molecule has 1 unspecified atom stereocenters. The molecule has 1 aromatic heterocycles. The number of carbonyl (C=O) groups excluding carboxylic acids is 1. The van der Waals surface area contributed by atoms with Crippen LogP contribution < -0.4 is 0 Å². The Bertz CT molecular complexity index is 725. The second-order valence-electron chi connectivity index (χ2n) is 6.87. The van der Waals surface area contributed by atoms with Crippen molar-refractivity contribution in [3.63, 3.8) is 0 Å². The van der Waals surface area contributed by atoms with Crippen LogP contribution in [0.5, 0.6) is 0 Å². The lowest BCUT2D eigenvalue weighted by Crippen LogP contribution is -2.39. The second kappa shape index (κ2) is 7.30. The molecule has 1 N–H and O–H groups in total. The molecule has 1 fully saturated rings. The smallest absolute Gasteiger partial charge is 0.306 e. The van der Waals surface area contributed by atoms with Crippen molar-refractivity contribution in [3.05, 3.63) is 36.1 Å². The maximum atomic E-state index is 13.0. The van der Waals surface area contributed by atoms with Crippen LogP contribution in [0.2, 0.25) is 0 Å². The molecule has 3 rings (SSSR count). The summed E-state index contributed by atoms with van der Waals surface area (Å²) in [6, 6.07) is 9.69. The Morgan fingerprint density at radius 3 is 2.44 bits per heavy atom. The SMILES string of the molecule is CCN(C(=O)C1CCC(C(=O)O)CC1)C(C)c1cc2ccccc2o1. The number of aliphatic carboxylic acids is 1. The third kappa shape index (κ3) is 3.55. The highest BCUT2D eigenvalue weighted by Crippen LogP contribution is 2.33. The summed E-state index contributed by atoms with van der Waals surface area (Å²) in [5.41, 5.74) is 0.829. The number of furan rings is 1. The molecule has 1 amide bonds. The summed E-state index contributed by atoms with van der Waals surface area (Å²) in [6.45, 7) is 4.57. The Kier molecular flexibility index (Phi) is 5.11. The van der Waals surface area contributed by atoms with E-state index in [1.807, 2.05) is 49.1 Å². The Balaban J connectivity index is 1.72. The molecule has 5 nitrogen and oxygen atoms in total. The largest absolute Gasteiger partial charge is 0.481 e. The highest BCUT2D eigenvalue weighted by molar-refractivity contribution is 5.81. The van der Waals surface area contributed by atoms with Gasteiger partial charge in [-0.1, -0.05) is 18.2 Å². The minimum absolute atomic E-state index is 0.0811. The van der Waals surface area contributed by atoms with Gasteiger partial charge in [0.15, 0.2) is 0 Å². The molecule has 5 heteroatoms. The van der Waals surface area contributed by atoms with E-state index in [1.165, 1.54) is 0 Å². The topological polar surface area (TPSA) is 70.8 Å². The fourth-order valence-electron chi connectivity index (χ4n) is 3.80. The maximum absolute atomic E-state index is 13.0. The first-order chi connectivity index (χ1) is 12.0. The van der Waals surface area contributed by atoms with Gasteiger partial charge in [-0.15, -0.1) is 0 Å². The number of benzene rings is 1. The van der Waals surface area contributed by atoms with Gasteiger partial charge in [-0.25, -0.2) is 0 Å². The zero-order valence-electron chi connectivity index (χ0n) is 14.8. The third-order valence-corrected chi connectivity index (χ3v) is 5.37. The van der Waals surface area contributed by atoms with Gasteiger partial charge in [0.05, 0.1) is 12.0 Å². The van der Waals surface area contributed by atoms with Gasteiger partial charge in [-0.3, -0.25) is 9.59 Å². The van der Waals surface area contributed by atoms with Crippen LogP contribution in [0.1, 0.15) is 51.3 Å². The average molecular weight is 343 g/mol. The van der Waals surface area contributed by atoms with Gasteiger partial charge < -0.3 is 14.4 Å². The van der Waals surface area contributed by atoms with Crippen molar-refractivity contribution in [3.8, 4) is 0 Å². The summed E-state index contributed by atoms with van der Waals surface area (Å²) in [6.07, 6.45) is 2.48. The van der Waals surface area contributed by atoms with Gasteiger partial charge in [0.25, 0.3) is 0 Å². The van der Waals surface area contributed by atoms with Crippen molar-refractivity contribution in [1.82, 2.24) is 4.90 Å². The monoisotopic (exact) mass is 343 g/mol. The molecule has 1 atom stereocenters. The minimum Gasteiger partial charge on any atom is -0.481 e. The van der Waals surface area contributed by atoms with Gasteiger partial charge in [0.1, 0.15) is 11.3 Å². The summed E-state index contributed by atoms with van der Waals surface area (Å²) in [5.74, 6) is -0.224. The van der Waals surface area contributed by atoms with Crippen molar-refractivity contribution < 1.29 is 19.1 Å². The van der Waals surface area contributed by atoms with Crippen LogP contribution in [-0.2, 0) is 9.59 Å². The molecule has 0 saturated heterocycles. The second-order valence-corrected chi connectivity index (χ2v) is 6.87. The fraction of sp³-hybridized carbons (Fsp3) is 0.500. The van der Waals surface area contributed by atoms with Crippen molar-refractivity contribution in [1.29, 1.82) is 0 Å². The number of para-hydroxylation sites is 1. The first-order valence-electron chi connectivity index (χ1n) is 9.03. The first kappa shape index (κ1) is 17.5. The number of nitrogens with zero attached hydrogens (tertiary/aromatic N) is 1. The number of carbonyl (C=O) groups is 2. The first-order valence-corrected chi connectivity index (χ1v) is 9.03. The molecule has 0 spiro atoms. The van der Waals surface area contributed by atoms with E-state index in [0.29, 0.717) is 32.2 Å². The van der Waals surface area contributed by atoms with Gasteiger partial charge >= 0.3 is 5.97 Å².